The fraction of sp³-hybridized carbons (Fsp3) is 0.217. The molecule has 0 amide bonds. The standard InChI is InChI=1S/C83H72Cl3N3O6/c1-81(2)46-69-78(54-16-10-7-11-17-54)75(57-26-32-60(84)33-27-57)66(87(69)49-81)43-72(90)93-63-38-24-52(25-39-63)22-23-53-40-64(94-73(91)44-67-76(58-28-34-61(85)35-29-58)79(55-18-12-8-13-19-55)70-47-82(3,4)50-88(67)70)42-65(41-53)95-74(92)45-68-77(59-30-36-62(86)37-31-59)80(56-20-14-9-15-21-56)71-48-83(5,6)51-89(68)71/h7-42H,43-51H2,1-6H3. The van der Waals surface area contributed by atoms with Crippen LogP contribution in [-0.2, 0) is 72.5 Å². The Bertz CT molecular complexity index is 4600. The summed E-state index contributed by atoms with van der Waals surface area (Å²) in [6.07, 6.45) is 6.26. The number of fused-ring (bicyclic) bond motifs is 3. The van der Waals surface area contributed by atoms with Gasteiger partial charge in [0.25, 0.3) is 0 Å². The van der Waals surface area contributed by atoms with Crippen molar-refractivity contribution in [2.45, 2.75) is 99.7 Å². The zero-order valence-corrected chi connectivity index (χ0v) is 56.3. The number of benzene rings is 8. The maximum atomic E-state index is 14.9. The van der Waals surface area contributed by atoms with Crippen molar-refractivity contribution in [3.63, 3.8) is 0 Å². The van der Waals surface area contributed by atoms with E-state index in [1.165, 1.54) is 17.1 Å². The van der Waals surface area contributed by atoms with Gasteiger partial charge >= 0.3 is 17.9 Å². The summed E-state index contributed by atoms with van der Waals surface area (Å²) in [6.45, 7) is 15.8. The highest BCUT2D eigenvalue weighted by atomic mass is 35.5. The van der Waals surface area contributed by atoms with E-state index in [1.807, 2.05) is 140 Å². The maximum Gasteiger partial charge on any atom is 0.317 e. The van der Waals surface area contributed by atoms with E-state index in [-0.39, 0.29) is 53.0 Å². The van der Waals surface area contributed by atoms with Gasteiger partial charge in [-0.2, -0.15) is 0 Å². The second-order valence-corrected chi connectivity index (χ2v) is 29.2. The van der Waals surface area contributed by atoms with E-state index in [2.05, 4.69) is 104 Å². The highest BCUT2D eigenvalue weighted by molar-refractivity contribution is 6.31. The molecule has 0 saturated heterocycles. The van der Waals surface area contributed by atoms with Gasteiger partial charge in [-0.3, -0.25) is 14.4 Å². The summed E-state index contributed by atoms with van der Waals surface area (Å²) in [5, 5.41) is 1.87. The second kappa shape index (κ2) is 25.4. The Hall–Kier alpha value is -9.38. The zero-order chi connectivity index (χ0) is 65.9. The van der Waals surface area contributed by atoms with Gasteiger partial charge in [0.1, 0.15) is 17.2 Å². The number of carbonyl (C=O) groups excluding carboxylic acids is 3. The van der Waals surface area contributed by atoms with Crippen molar-refractivity contribution >= 4 is 64.9 Å². The zero-order valence-electron chi connectivity index (χ0n) is 54.1. The number of aromatic nitrogens is 3. The molecule has 3 aliphatic heterocycles. The summed E-state index contributed by atoms with van der Waals surface area (Å²) < 4.78 is 26.0. The molecule has 0 bridgehead atoms. The molecule has 9 nitrogen and oxygen atoms in total. The quantitative estimate of drug-likeness (QED) is 0.0512. The van der Waals surface area contributed by atoms with Gasteiger partial charge in [-0.25, -0.2) is 0 Å². The van der Waals surface area contributed by atoms with Crippen LogP contribution < -0.4 is 14.2 Å². The molecule has 8 aromatic carbocycles. The Morgan fingerprint density at radius 3 is 0.947 bits per heavy atom. The van der Waals surface area contributed by atoms with Gasteiger partial charge in [-0.15, -0.1) is 0 Å². The highest BCUT2D eigenvalue weighted by Gasteiger charge is 2.40. The van der Waals surface area contributed by atoms with E-state index in [0.29, 0.717) is 39.5 Å². The Balaban J connectivity index is 0.780. The fourth-order valence-corrected chi connectivity index (χ4v) is 15.1. The molecular weight excluding hydrogens is 1240 g/mol. The van der Waals surface area contributed by atoms with Crippen molar-refractivity contribution in [3.8, 4) is 84.0 Å². The normalized spacial score (nSPS) is 14.8. The average Bonchev–Trinajstić information content (AvgIpc) is 1.59. The van der Waals surface area contributed by atoms with Gasteiger partial charge in [0, 0.05) is 108 Å². The summed E-state index contributed by atoms with van der Waals surface area (Å²) in [7, 11) is 0. The largest absolute Gasteiger partial charge is 0.426 e. The van der Waals surface area contributed by atoms with Crippen LogP contribution in [0.5, 0.6) is 17.2 Å². The first-order valence-electron chi connectivity index (χ1n) is 32.4. The van der Waals surface area contributed by atoms with Crippen LogP contribution in [0.25, 0.3) is 78.9 Å². The van der Waals surface area contributed by atoms with Crippen molar-refractivity contribution in [1.82, 2.24) is 13.7 Å². The number of hydrogen-bond acceptors (Lipinski definition) is 6. The van der Waals surface area contributed by atoms with Gasteiger partial charge < -0.3 is 27.9 Å². The Kier molecular flexibility index (Phi) is 16.9. The van der Waals surface area contributed by atoms with Crippen LogP contribution in [0.1, 0.15) is 86.8 Å². The number of halogens is 3. The third-order valence-electron chi connectivity index (χ3n) is 18.6. The summed E-state index contributed by atoms with van der Waals surface area (Å²) in [6, 6.07) is 67.0. The van der Waals surface area contributed by atoms with Gasteiger partial charge in [-0.05, 0) is 141 Å². The van der Waals surface area contributed by atoms with E-state index < -0.39 is 11.9 Å². The topological polar surface area (TPSA) is 93.7 Å². The molecule has 14 rings (SSSR count). The van der Waals surface area contributed by atoms with Crippen molar-refractivity contribution in [2.75, 3.05) is 0 Å². The molecule has 11 aromatic rings. The minimum atomic E-state index is -0.483. The fourth-order valence-electron chi connectivity index (χ4n) is 14.7. The molecule has 0 aliphatic carbocycles. The number of nitrogens with zero attached hydrogens (tertiary/aromatic N) is 3. The smallest absolute Gasteiger partial charge is 0.317 e. The molecule has 95 heavy (non-hydrogen) atoms. The highest BCUT2D eigenvalue weighted by Crippen LogP contribution is 2.51. The van der Waals surface area contributed by atoms with Crippen LogP contribution in [-0.4, -0.2) is 31.6 Å². The van der Waals surface area contributed by atoms with E-state index in [4.69, 9.17) is 49.0 Å². The van der Waals surface area contributed by atoms with E-state index in [9.17, 15) is 14.4 Å². The van der Waals surface area contributed by atoms with Gasteiger partial charge in [0.05, 0.1) is 19.3 Å². The number of esters is 3. The lowest BCUT2D eigenvalue weighted by molar-refractivity contribution is -0.134. The Morgan fingerprint density at radius 1 is 0.347 bits per heavy atom. The minimum absolute atomic E-state index is 0.00661. The summed E-state index contributed by atoms with van der Waals surface area (Å²) in [4.78, 5) is 44.0. The van der Waals surface area contributed by atoms with Crippen LogP contribution in [0, 0.1) is 16.2 Å². The lowest BCUT2D eigenvalue weighted by atomic mass is 9.86. The van der Waals surface area contributed by atoms with Crippen LogP contribution in [0.2, 0.25) is 15.1 Å². The molecule has 0 unspecified atom stereocenters. The number of hydrogen-bond donors (Lipinski definition) is 0. The van der Waals surface area contributed by atoms with E-state index >= 15 is 0 Å². The van der Waals surface area contributed by atoms with E-state index in [1.54, 1.807) is 30.3 Å². The molecule has 476 valence electrons. The summed E-state index contributed by atoms with van der Waals surface area (Å²) >= 11 is 19.4. The van der Waals surface area contributed by atoms with Crippen molar-refractivity contribution in [3.05, 3.63) is 267 Å². The molecule has 3 aromatic heterocycles. The van der Waals surface area contributed by atoms with E-state index in [0.717, 1.165) is 115 Å². The SMILES string of the molecule is CC1(C)Cc2c(-c3ccccc3)c(-c3ccc(Cl)cc3)c(CC(=O)Oc3ccc(C=Cc4cc(OC(=O)Cc5c(-c6ccc(Cl)cc6)c(-c6ccccc6)c6n5CC(C)(C)C6)cc(OC(=O)Cc5c(-c6ccc(Cl)cc6)c(-c6ccccc6)c6n5CC(C)(C)C6)c4)cc3)n2C1. The molecule has 6 heterocycles. The minimum Gasteiger partial charge on any atom is -0.426 e. The van der Waals surface area contributed by atoms with Crippen molar-refractivity contribution in [2.24, 2.45) is 16.2 Å². The second-order valence-electron chi connectivity index (χ2n) is 27.9. The number of carbonyl (C=O) groups is 3. The lowest BCUT2D eigenvalue weighted by Crippen LogP contribution is -2.18. The third-order valence-corrected chi connectivity index (χ3v) is 19.4. The Morgan fingerprint density at radius 2 is 0.632 bits per heavy atom. The third kappa shape index (κ3) is 13.1. The first-order chi connectivity index (χ1) is 45.7. The Labute approximate surface area is 570 Å². The molecule has 0 N–H and O–H groups in total. The number of rotatable bonds is 17. The molecule has 0 atom stereocenters. The molecule has 12 heteroatoms. The molecular formula is C83H72Cl3N3O6. The predicted molar refractivity (Wildman–Crippen MR) is 383 cm³/mol. The summed E-state index contributed by atoms with van der Waals surface area (Å²) in [5.41, 5.74) is 19.8. The predicted octanol–water partition coefficient (Wildman–Crippen LogP) is 20.4. The van der Waals surface area contributed by atoms with Crippen molar-refractivity contribution < 1.29 is 28.6 Å². The lowest BCUT2D eigenvalue weighted by Gasteiger charge is -2.19. The van der Waals surface area contributed by atoms with Gasteiger partial charge in [0.2, 0.25) is 0 Å². The monoisotopic (exact) mass is 1310 g/mol. The van der Waals surface area contributed by atoms with Crippen LogP contribution in [0.15, 0.2) is 206 Å². The molecule has 0 fully saturated rings. The summed E-state index contributed by atoms with van der Waals surface area (Å²) in [5.74, 6) is -0.532. The van der Waals surface area contributed by atoms with Gasteiger partial charge in [0.15, 0.2) is 0 Å². The van der Waals surface area contributed by atoms with Gasteiger partial charge in [-0.1, -0.05) is 228 Å². The van der Waals surface area contributed by atoms with Crippen LogP contribution in [0.4, 0.5) is 0 Å². The van der Waals surface area contributed by atoms with Crippen LogP contribution >= 0.6 is 34.8 Å². The molecule has 0 spiro atoms. The first kappa shape index (κ1) is 63.0. The van der Waals surface area contributed by atoms with Crippen molar-refractivity contribution in [1.29, 1.82) is 0 Å². The van der Waals surface area contributed by atoms with Crippen LogP contribution in [0.3, 0.4) is 0 Å². The average molecular weight is 1310 g/mol. The number of ether oxygens (including phenoxy) is 3. The molecule has 0 radical (unpaired) electrons. The first-order valence-corrected chi connectivity index (χ1v) is 33.5. The maximum absolute atomic E-state index is 14.9. The molecule has 0 saturated carbocycles. The molecule has 3 aliphatic rings.